The van der Waals surface area contributed by atoms with Crippen LogP contribution in [0.2, 0.25) is 0 Å². The normalized spacial score (nSPS) is 12.1. The summed E-state index contributed by atoms with van der Waals surface area (Å²) in [5.41, 5.74) is 6.90. The van der Waals surface area contributed by atoms with Gasteiger partial charge in [0.2, 0.25) is 0 Å². The molecule has 5 nitrogen and oxygen atoms in total. The molecule has 0 saturated heterocycles. The van der Waals surface area contributed by atoms with Gasteiger partial charge in [-0.2, -0.15) is 5.10 Å². The number of nitrogen functional groups attached to an aromatic ring is 1. The number of hydrogen-bond donors (Lipinski definition) is 1. The van der Waals surface area contributed by atoms with Gasteiger partial charge in [0.15, 0.2) is 14.9 Å². The number of aryl methyl sites for hydroxylation is 1. The van der Waals surface area contributed by atoms with Crippen molar-refractivity contribution in [1.82, 2.24) is 9.78 Å². The monoisotopic (exact) mass is 225 g/mol. The zero-order valence-corrected chi connectivity index (χ0v) is 9.25. The number of anilines is 1. The minimum Gasteiger partial charge on any atom is -0.399 e. The molecule has 0 aliphatic carbocycles. The van der Waals surface area contributed by atoms with Crippen LogP contribution in [0.1, 0.15) is 0 Å². The Morgan fingerprint density at radius 2 is 2.07 bits per heavy atom. The SMILES string of the molecule is Cn1nc(S(C)(=O)=O)c2cc(N)ccc21. The lowest BCUT2D eigenvalue weighted by Crippen LogP contribution is -1.99. The number of rotatable bonds is 1. The van der Waals surface area contributed by atoms with E-state index in [0.29, 0.717) is 11.1 Å². The Bertz CT molecular complexity index is 628. The van der Waals surface area contributed by atoms with E-state index in [1.807, 2.05) is 0 Å². The van der Waals surface area contributed by atoms with Crippen LogP contribution < -0.4 is 5.73 Å². The van der Waals surface area contributed by atoms with E-state index in [2.05, 4.69) is 5.10 Å². The van der Waals surface area contributed by atoms with Crippen molar-refractivity contribution >= 4 is 26.4 Å². The molecule has 1 heterocycles. The fourth-order valence-corrected chi connectivity index (χ4v) is 2.36. The molecule has 80 valence electrons. The number of hydrogen-bond acceptors (Lipinski definition) is 4. The van der Waals surface area contributed by atoms with Crippen molar-refractivity contribution in [3.05, 3.63) is 18.2 Å². The number of fused-ring (bicyclic) bond motifs is 1. The molecule has 0 spiro atoms. The molecular formula is C9H11N3O2S. The van der Waals surface area contributed by atoms with E-state index in [1.165, 1.54) is 4.68 Å². The second kappa shape index (κ2) is 2.96. The van der Waals surface area contributed by atoms with Crippen molar-refractivity contribution in [1.29, 1.82) is 0 Å². The standard InChI is InChI=1S/C9H11N3O2S/c1-12-8-4-3-6(10)5-7(8)9(11-12)15(2,13)14/h3-5H,10H2,1-2H3. The fraction of sp³-hybridized carbons (Fsp3) is 0.222. The molecule has 0 fully saturated rings. The first-order chi connectivity index (χ1) is 6.89. The number of aromatic nitrogens is 2. The van der Waals surface area contributed by atoms with Crippen LogP contribution in [-0.4, -0.2) is 24.5 Å². The highest BCUT2D eigenvalue weighted by molar-refractivity contribution is 7.90. The third-order valence-electron chi connectivity index (χ3n) is 2.19. The number of nitrogens with two attached hydrogens (primary N) is 1. The maximum Gasteiger partial charge on any atom is 0.195 e. The quantitative estimate of drug-likeness (QED) is 0.719. The van der Waals surface area contributed by atoms with Gasteiger partial charge in [0.05, 0.1) is 5.52 Å². The molecule has 0 bridgehead atoms. The molecule has 1 aromatic carbocycles. The Balaban J connectivity index is 2.94. The highest BCUT2D eigenvalue weighted by atomic mass is 32.2. The van der Waals surface area contributed by atoms with Crippen molar-refractivity contribution in [2.24, 2.45) is 7.05 Å². The van der Waals surface area contributed by atoms with Crippen molar-refractivity contribution in [3.8, 4) is 0 Å². The van der Waals surface area contributed by atoms with E-state index in [0.717, 1.165) is 11.8 Å². The summed E-state index contributed by atoms with van der Waals surface area (Å²) in [7, 11) is -1.61. The van der Waals surface area contributed by atoms with Gasteiger partial charge in [-0.15, -0.1) is 0 Å². The second-order valence-electron chi connectivity index (χ2n) is 3.48. The first-order valence-electron chi connectivity index (χ1n) is 4.32. The van der Waals surface area contributed by atoms with Gasteiger partial charge in [0.25, 0.3) is 0 Å². The van der Waals surface area contributed by atoms with Gasteiger partial charge in [0, 0.05) is 24.4 Å². The number of benzene rings is 1. The molecule has 0 aliphatic rings. The number of nitrogens with zero attached hydrogens (tertiary/aromatic N) is 2. The molecule has 0 saturated carbocycles. The minimum absolute atomic E-state index is 0.0762. The predicted molar refractivity (Wildman–Crippen MR) is 58.2 cm³/mol. The van der Waals surface area contributed by atoms with Gasteiger partial charge in [-0.25, -0.2) is 8.42 Å². The van der Waals surface area contributed by atoms with Crippen LogP contribution in [0, 0.1) is 0 Å². The lowest BCUT2D eigenvalue weighted by atomic mass is 10.2. The van der Waals surface area contributed by atoms with E-state index < -0.39 is 9.84 Å². The third-order valence-corrected chi connectivity index (χ3v) is 3.20. The van der Waals surface area contributed by atoms with Gasteiger partial charge in [-0.1, -0.05) is 0 Å². The zero-order chi connectivity index (χ0) is 11.2. The fourth-order valence-electron chi connectivity index (χ4n) is 1.53. The van der Waals surface area contributed by atoms with Gasteiger partial charge >= 0.3 is 0 Å². The topological polar surface area (TPSA) is 78.0 Å². The van der Waals surface area contributed by atoms with Gasteiger partial charge < -0.3 is 5.73 Å². The molecule has 0 radical (unpaired) electrons. The summed E-state index contributed by atoms with van der Waals surface area (Å²) in [5, 5.41) is 4.62. The average Bonchev–Trinajstić information content (AvgIpc) is 2.42. The molecule has 6 heteroatoms. The summed E-state index contributed by atoms with van der Waals surface area (Å²) in [5.74, 6) is 0. The van der Waals surface area contributed by atoms with Crippen LogP contribution in [0.3, 0.4) is 0 Å². The summed E-state index contributed by atoms with van der Waals surface area (Å²) in [6.07, 6.45) is 1.14. The van der Waals surface area contributed by atoms with Crippen LogP contribution in [0.5, 0.6) is 0 Å². The lowest BCUT2D eigenvalue weighted by molar-refractivity contribution is 0.595. The summed E-state index contributed by atoms with van der Waals surface area (Å²) in [4.78, 5) is 0. The third kappa shape index (κ3) is 1.56. The van der Waals surface area contributed by atoms with Crippen molar-refractivity contribution < 1.29 is 8.42 Å². The molecule has 2 N–H and O–H groups in total. The smallest absolute Gasteiger partial charge is 0.195 e. The Morgan fingerprint density at radius 3 is 2.67 bits per heavy atom. The number of sulfone groups is 1. The molecule has 2 rings (SSSR count). The minimum atomic E-state index is -3.31. The van der Waals surface area contributed by atoms with Crippen molar-refractivity contribution in [2.75, 3.05) is 12.0 Å². The summed E-state index contributed by atoms with van der Waals surface area (Å²) in [6.45, 7) is 0. The Kier molecular flexibility index (Phi) is 1.97. The molecule has 0 atom stereocenters. The average molecular weight is 225 g/mol. The van der Waals surface area contributed by atoms with Crippen LogP contribution in [-0.2, 0) is 16.9 Å². The Labute approximate surface area is 87.4 Å². The zero-order valence-electron chi connectivity index (χ0n) is 8.43. The molecule has 1 aromatic heterocycles. The predicted octanol–water partition coefficient (Wildman–Crippen LogP) is 0.559. The van der Waals surface area contributed by atoms with Gasteiger partial charge in [-0.3, -0.25) is 4.68 Å². The van der Waals surface area contributed by atoms with E-state index in [-0.39, 0.29) is 5.03 Å². The van der Waals surface area contributed by atoms with Crippen LogP contribution >= 0.6 is 0 Å². The van der Waals surface area contributed by atoms with Crippen molar-refractivity contribution in [2.45, 2.75) is 5.03 Å². The molecule has 15 heavy (non-hydrogen) atoms. The largest absolute Gasteiger partial charge is 0.399 e. The lowest BCUT2D eigenvalue weighted by Gasteiger charge is -1.95. The highest BCUT2D eigenvalue weighted by Gasteiger charge is 2.17. The summed E-state index contributed by atoms with van der Waals surface area (Å²) < 4.78 is 24.4. The Morgan fingerprint density at radius 1 is 1.40 bits per heavy atom. The highest BCUT2D eigenvalue weighted by Crippen LogP contribution is 2.23. The van der Waals surface area contributed by atoms with E-state index in [4.69, 9.17) is 5.73 Å². The molecular weight excluding hydrogens is 214 g/mol. The van der Waals surface area contributed by atoms with Crippen LogP contribution in [0.25, 0.3) is 10.9 Å². The molecule has 0 unspecified atom stereocenters. The summed E-state index contributed by atoms with van der Waals surface area (Å²) >= 11 is 0. The maximum atomic E-state index is 11.5. The van der Waals surface area contributed by atoms with Crippen LogP contribution in [0.15, 0.2) is 23.2 Å². The van der Waals surface area contributed by atoms with Crippen LogP contribution in [0.4, 0.5) is 5.69 Å². The van der Waals surface area contributed by atoms with Crippen molar-refractivity contribution in [3.63, 3.8) is 0 Å². The molecule has 0 aliphatic heterocycles. The Hall–Kier alpha value is -1.56. The maximum absolute atomic E-state index is 11.5. The first-order valence-corrected chi connectivity index (χ1v) is 6.21. The summed E-state index contributed by atoms with van der Waals surface area (Å²) in [6, 6.07) is 5.10. The van der Waals surface area contributed by atoms with Gasteiger partial charge in [-0.05, 0) is 18.2 Å². The van der Waals surface area contributed by atoms with E-state index in [9.17, 15) is 8.42 Å². The molecule has 2 aromatic rings. The first kappa shape index (κ1) is 9.97. The second-order valence-corrected chi connectivity index (χ2v) is 5.41. The van der Waals surface area contributed by atoms with E-state index >= 15 is 0 Å². The van der Waals surface area contributed by atoms with Gasteiger partial charge in [0.1, 0.15) is 0 Å². The van der Waals surface area contributed by atoms with E-state index in [1.54, 1.807) is 25.2 Å². The molecule has 0 amide bonds.